The van der Waals surface area contributed by atoms with Crippen LogP contribution in [0, 0.1) is 0 Å². The van der Waals surface area contributed by atoms with Gasteiger partial charge < -0.3 is 8.98 Å². The van der Waals surface area contributed by atoms with Crippen molar-refractivity contribution in [2.45, 2.75) is 38.9 Å². The summed E-state index contributed by atoms with van der Waals surface area (Å²) in [5, 5.41) is 6.11. The lowest BCUT2D eigenvalue weighted by atomic mass is 9.82. The molecule has 3 aromatic heterocycles. The van der Waals surface area contributed by atoms with E-state index in [0.29, 0.717) is 0 Å². The van der Waals surface area contributed by atoms with Gasteiger partial charge in [-0.05, 0) is 58.7 Å². The fraction of sp³-hybridized carbons (Fsp3) is 0.146. The Morgan fingerprint density at radius 2 is 1.33 bits per heavy atom. The van der Waals surface area contributed by atoms with Crippen molar-refractivity contribution in [3.63, 3.8) is 0 Å². The third-order valence-corrected chi connectivity index (χ3v) is 12.1. The molecule has 0 bridgehead atoms. The van der Waals surface area contributed by atoms with Crippen molar-refractivity contribution in [2.24, 2.45) is 0 Å². The van der Waals surface area contributed by atoms with E-state index in [4.69, 9.17) is 9.40 Å². The molecule has 0 aliphatic heterocycles. The predicted molar refractivity (Wildman–Crippen MR) is 192 cm³/mol. The number of furan rings is 1. The summed E-state index contributed by atoms with van der Waals surface area (Å²) in [7, 11) is -1.44. The average molecular weight is 599 g/mol. The Balaban J connectivity index is 1.26. The number of para-hydroxylation sites is 3. The van der Waals surface area contributed by atoms with Crippen LogP contribution in [0.3, 0.4) is 0 Å². The minimum absolute atomic E-state index is 0.0846. The Morgan fingerprint density at radius 1 is 0.622 bits per heavy atom. The number of fused-ring (bicyclic) bond motifs is 9. The monoisotopic (exact) mass is 598 g/mol. The van der Waals surface area contributed by atoms with Crippen LogP contribution in [0.25, 0.3) is 71.8 Å². The molecule has 0 N–H and O–H groups in total. The van der Waals surface area contributed by atoms with Crippen LogP contribution in [0.15, 0.2) is 120 Å². The molecular weight excluding hydrogens is 565 g/mol. The van der Waals surface area contributed by atoms with Crippen molar-refractivity contribution < 1.29 is 4.42 Å². The number of pyridine rings is 1. The zero-order valence-corrected chi connectivity index (χ0v) is 27.3. The van der Waals surface area contributed by atoms with Crippen LogP contribution in [0.1, 0.15) is 25.0 Å². The normalized spacial score (nSPS) is 14.1. The lowest BCUT2D eigenvalue weighted by Crippen LogP contribution is -2.38. The van der Waals surface area contributed by atoms with Crippen LogP contribution >= 0.6 is 0 Å². The molecule has 0 radical (unpaired) electrons. The van der Waals surface area contributed by atoms with E-state index in [2.05, 4.69) is 135 Å². The highest BCUT2D eigenvalue weighted by atomic mass is 28.3. The molecule has 0 fully saturated rings. The minimum Gasteiger partial charge on any atom is -0.455 e. The van der Waals surface area contributed by atoms with Gasteiger partial charge >= 0.3 is 0 Å². The molecule has 3 heterocycles. The fourth-order valence-electron chi connectivity index (χ4n) is 7.57. The quantitative estimate of drug-likeness (QED) is 0.189. The van der Waals surface area contributed by atoms with E-state index in [1.54, 1.807) is 0 Å². The molecule has 0 spiro atoms. The maximum absolute atomic E-state index is 6.41. The molecule has 1 aliphatic rings. The number of aromatic nitrogens is 2. The van der Waals surface area contributed by atoms with Gasteiger partial charge in [0, 0.05) is 44.4 Å². The van der Waals surface area contributed by atoms with Gasteiger partial charge in [-0.2, -0.15) is 0 Å². The maximum atomic E-state index is 6.41. The summed E-state index contributed by atoms with van der Waals surface area (Å²) < 4.78 is 8.83. The van der Waals surface area contributed by atoms with Crippen LogP contribution in [-0.4, -0.2) is 17.6 Å². The summed E-state index contributed by atoms with van der Waals surface area (Å²) in [5.74, 6) is 0. The molecule has 8 aromatic rings. The largest absolute Gasteiger partial charge is 0.455 e. The average Bonchev–Trinajstić information content (AvgIpc) is 3.66. The molecule has 5 aromatic carbocycles. The number of nitrogens with zero attached hydrogens (tertiary/aromatic N) is 2. The van der Waals surface area contributed by atoms with E-state index >= 15 is 0 Å². The molecule has 1 aliphatic carbocycles. The third-order valence-electron chi connectivity index (χ3n) is 10.0. The molecule has 4 heteroatoms. The van der Waals surface area contributed by atoms with Crippen molar-refractivity contribution in [1.29, 1.82) is 0 Å². The van der Waals surface area contributed by atoms with Gasteiger partial charge in [0.1, 0.15) is 11.2 Å². The molecule has 3 nitrogen and oxygen atoms in total. The van der Waals surface area contributed by atoms with Gasteiger partial charge in [0.2, 0.25) is 0 Å². The van der Waals surface area contributed by atoms with Crippen LogP contribution < -0.4 is 5.19 Å². The number of benzene rings is 5. The zero-order valence-electron chi connectivity index (χ0n) is 26.3. The number of rotatable bonds is 3. The smallest absolute Gasteiger partial charge is 0.144 e. The fourth-order valence-corrected chi connectivity index (χ4v) is 8.73. The van der Waals surface area contributed by atoms with E-state index in [0.717, 1.165) is 44.1 Å². The topological polar surface area (TPSA) is 31.0 Å². The standard InChI is InChI=1S/C41H34N2OSi/c1-41(2)34-21-25(17-19-27(34)28-20-18-26(22-35(28)41)45(3,4)5)43-37-15-8-6-11-29(37)33-24-42-36(23-38(33)43)32-14-10-13-31-30-12-7-9-16-39(30)44-40(31)32/h6-24H,1-5H3. The molecule has 45 heavy (non-hydrogen) atoms. The molecule has 9 rings (SSSR count). The lowest BCUT2D eigenvalue weighted by Gasteiger charge is -2.25. The first-order valence-corrected chi connectivity index (χ1v) is 19.3. The van der Waals surface area contributed by atoms with Crippen molar-refractivity contribution >= 4 is 57.0 Å². The summed E-state index contributed by atoms with van der Waals surface area (Å²) in [5.41, 5.74) is 12.6. The van der Waals surface area contributed by atoms with Gasteiger partial charge in [-0.25, -0.2) is 0 Å². The van der Waals surface area contributed by atoms with E-state index in [9.17, 15) is 0 Å². The van der Waals surface area contributed by atoms with Gasteiger partial charge in [-0.1, -0.05) is 111 Å². The van der Waals surface area contributed by atoms with Gasteiger partial charge in [0.25, 0.3) is 0 Å². The Hall–Kier alpha value is -4.93. The summed E-state index contributed by atoms with van der Waals surface area (Å²) in [4.78, 5) is 5.02. The van der Waals surface area contributed by atoms with Crippen molar-refractivity contribution in [2.75, 3.05) is 0 Å². The molecule has 0 amide bonds. The number of hydrogen-bond donors (Lipinski definition) is 0. The van der Waals surface area contributed by atoms with E-state index in [1.807, 2.05) is 18.3 Å². The molecular formula is C41H34N2OSi. The highest BCUT2D eigenvalue weighted by Crippen LogP contribution is 2.49. The third kappa shape index (κ3) is 3.72. The highest BCUT2D eigenvalue weighted by Gasteiger charge is 2.37. The van der Waals surface area contributed by atoms with Crippen LogP contribution in [0.5, 0.6) is 0 Å². The first-order chi connectivity index (χ1) is 21.7. The van der Waals surface area contributed by atoms with Crippen molar-refractivity contribution in [3.05, 3.63) is 127 Å². The second kappa shape index (κ2) is 9.06. The minimum atomic E-state index is -1.44. The molecule has 0 saturated heterocycles. The second-order valence-corrected chi connectivity index (χ2v) is 19.2. The van der Waals surface area contributed by atoms with E-state index < -0.39 is 8.07 Å². The Bertz CT molecular complexity index is 2510. The first kappa shape index (κ1) is 26.5. The molecule has 218 valence electrons. The second-order valence-electron chi connectivity index (χ2n) is 14.1. The summed E-state index contributed by atoms with van der Waals surface area (Å²) >= 11 is 0. The Morgan fingerprint density at radius 3 is 2.16 bits per heavy atom. The SMILES string of the molecule is CC1(C)c2cc(-n3c4ccccc4c4cnc(-c5cccc6c5oc5ccccc56)cc43)ccc2-c2ccc([Si](C)(C)C)cc21. The van der Waals surface area contributed by atoms with Crippen LogP contribution in [0.4, 0.5) is 0 Å². The summed E-state index contributed by atoms with van der Waals surface area (Å²) in [6.45, 7) is 12.1. The molecule has 0 saturated carbocycles. The van der Waals surface area contributed by atoms with Gasteiger partial charge in [0.05, 0.1) is 24.8 Å². The molecule has 0 unspecified atom stereocenters. The van der Waals surface area contributed by atoms with Gasteiger partial charge in [-0.15, -0.1) is 0 Å². The van der Waals surface area contributed by atoms with Crippen LogP contribution in [-0.2, 0) is 5.41 Å². The Labute approximate surface area is 263 Å². The van der Waals surface area contributed by atoms with E-state index in [-0.39, 0.29) is 5.41 Å². The number of hydrogen-bond acceptors (Lipinski definition) is 2. The first-order valence-electron chi connectivity index (χ1n) is 15.8. The predicted octanol–water partition coefficient (Wildman–Crippen LogP) is 10.6. The van der Waals surface area contributed by atoms with Crippen molar-refractivity contribution in [1.82, 2.24) is 9.55 Å². The van der Waals surface area contributed by atoms with Crippen LogP contribution in [0.2, 0.25) is 19.6 Å². The maximum Gasteiger partial charge on any atom is 0.144 e. The van der Waals surface area contributed by atoms with E-state index in [1.165, 1.54) is 44.0 Å². The van der Waals surface area contributed by atoms with Gasteiger partial charge in [0.15, 0.2) is 0 Å². The lowest BCUT2D eigenvalue weighted by molar-refractivity contribution is 0.660. The summed E-state index contributed by atoms with van der Waals surface area (Å²) in [6, 6.07) is 39.8. The molecule has 0 atom stereocenters. The van der Waals surface area contributed by atoms with Crippen molar-refractivity contribution in [3.8, 4) is 28.1 Å². The Kier molecular flexibility index (Phi) is 5.33. The zero-order chi connectivity index (χ0) is 30.7. The highest BCUT2D eigenvalue weighted by molar-refractivity contribution is 6.88. The summed E-state index contributed by atoms with van der Waals surface area (Å²) in [6.07, 6.45) is 2.04. The van der Waals surface area contributed by atoms with Gasteiger partial charge in [-0.3, -0.25) is 4.98 Å².